The molecule has 0 bridgehead atoms. The van der Waals surface area contributed by atoms with E-state index in [1.54, 1.807) is 11.1 Å². The lowest BCUT2D eigenvalue weighted by Gasteiger charge is -2.16. The molecule has 0 N–H and O–H groups in total. The summed E-state index contributed by atoms with van der Waals surface area (Å²) in [5, 5.41) is 0. The normalized spacial score (nSPS) is 21.1. The maximum Gasteiger partial charge on any atom is 0.228 e. The number of pyridine rings is 1. The number of aromatic nitrogens is 1. The maximum absolute atomic E-state index is 11.6. The summed E-state index contributed by atoms with van der Waals surface area (Å²) in [6, 6.07) is 1.94. The number of alkyl halides is 1. The molecule has 1 saturated heterocycles. The third kappa shape index (κ3) is 2.23. The molecule has 1 aliphatic rings. The maximum atomic E-state index is 11.6. The summed E-state index contributed by atoms with van der Waals surface area (Å²) in [4.78, 5) is 17.9. The summed E-state index contributed by atoms with van der Waals surface area (Å²) in [5.41, 5.74) is 1.79. The van der Waals surface area contributed by atoms with Crippen molar-refractivity contribution in [2.24, 2.45) is 0 Å². The molecular weight excluding hydrogens is 324 g/mol. The van der Waals surface area contributed by atoms with Crippen molar-refractivity contribution in [3.05, 3.63) is 22.4 Å². The lowest BCUT2D eigenvalue weighted by atomic mass is 10.3. The van der Waals surface area contributed by atoms with Crippen molar-refractivity contribution in [3.8, 4) is 0 Å². The Morgan fingerprint density at radius 3 is 2.87 bits per heavy atom. The van der Waals surface area contributed by atoms with Gasteiger partial charge in [-0.2, -0.15) is 0 Å². The number of rotatable bonds is 1. The summed E-state index contributed by atoms with van der Waals surface area (Å²) in [6.07, 6.45) is 2.30. The van der Waals surface area contributed by atoms with Crippen molar-refractivity contribution in [1.29, 1.82) is 0 Å². The van der Waals surface area contributed by atoms with E-state index < -0.39 is 0 Å². The SMILES string of the molecule is Cc1ncc(N2CC(Br)CC2=O)cc1Br. The molecule has 1 aromatic heterocycles. The summed E-state index contributed by atoms with van der Waals surface area (Å²) in [5.74, 6) is 0.148. The molecule has 80 valence electrons. The van der Waals surface area contributed by atoms with Crippen molar-refractivity contribution in [3.63, 3.8) is 0 Å². The first-order valence-electron chi connectivity index (χ1n) is 4.64. The van der Waals surface area contributed by atoms with Crippen LogP contribution in [0.2, 0.25) is 0 Å². The van der Waals surface area contributed by atoms with Crippen molar-refractivity contribution in [2.75, 3.05) is 11.4 Å². The second-order valence-electron chi connectivity index (χ2n) is 3.57. The molecule has 1 unspecified atom stereocenters. The average Bonchev–Trinajstić information content (AvgIpc) is 2.50. The number of halogens is 2. The molecule has 2 heterocycles. The number of hydrogen-bond acceptors (Lipinski definition) is 2. The quantitative estimate of drug-likeness (QED) is 0.740. The summed E-state index contributed by atoms with van der Waals surface area (Å²) < 4.78 is 0.936. The molecule has 1 atom stereocenters. The summed E-state index contributed by atoms with van der Waals surface area (Å²) in [6.45, 7) is 2.64. The number of carbonyl (C=O) groups is 1. The lowest BCUT2D eigenvalue weighted by Crippen LogP contribution is -2.24. The van der Waals surface area contributed by atoms with Crippen LogP contribution in [-0.4, -0.2) is 22.3 Å². The van der Waals surface area contributed by atoms with Crippen LogP contribution in [0.25, 0.3) is 0 Å². The molecule has 15 heavy (non-hydrogen) atoms. The van der Waals surface area contributed by atoms with Crippen LogP contribution in [0.1, 0.15) is 12.1 Å². The van der Waals surface area contributed by atoms with Crippen molar-refractivity contribution < 1.29 is 4.79 Å². The Hall–Kier alpha value is -0.420. The molecule has 0 saturated carbocycles. The van der Waals surface area contributed by atoms with Gasteiger partial charge in [-0.3, -0.25) is 9.78 Å². The number of carbonyl (C=O) groups excluding carboxylic acids is 1. The highest BCUT2D eigenvalue weighted by Gasteiger charge is 2.29. The third-order valence-corrected chi connectivity index (χ3v) is 3.82. The molecule has 2 rings (SSSR count). The zero-order valence-corrected chi connectivity index (χ0v) is 11.4. The Kier molecular flexibility index (Phi) is 3.11. The van der Waals surface area contributed by atoms with E-state index in [4.69, 9.17) is 0 Å². The van der Waals surface area contributed by atoms with E-state index in [9.17, 15) is 4.79 Å². The molecule has 0 aliphatic carbocycles. The predicted octanol–water partition coefficient (Wildman–Crippen LogP) is 2.65. The van der Waals surface area contributed by atoms with Crippen LogP contribution in [-0.2, 0) is 4.79 Å². The Balaban J connectivity index is 2.30. The number of nitrogens with zero attached hydrogens (tertiary/aromatic N) is 2. The fraction of sp³-hybridized carbons (Fsp3) is 0.400. The summed E-state index contributed by atoms with van der Waals surface area (Å²) >= 11 is 6.87. The molecule has 1 aromatic rings. The average molecular weight is 334 g/mol. The number of hydrogen-bond donors (Lipinski definition) is 0. The highest BCUT2D eigenvalue weighted by molar-refractivity contribution is 9.10. The van der Waals surface area contributed by atoms with Crippen molar-refractivity contribution in [2.45, 2.75) is 18.2 Å². The molecular formula is C10H10Br2N2O. The van der Waals surface area contributed by atoms with E-state index in [0.29, 0.717) is 6.42 Å². The van der Waals surface area contributed by atoms with Crippen LogP contribution < -0.4 is 4.90 Å². The Bertz CT molecular complexity index is 408. The van der Waals surface area contributed by atoms with Gasteiger partial charge in [0.25, 0.3) is 0 Å². The minimum absolute atomic E-state index is 0.148. The summed E-state index contributed by atoms with van der Waals surface area (Å²) in [7, 11) is 0. The van der Waals surface area contributed by atoms with Crippen LogP contribution in [0, 0.1) is 6.92 Å². The van der Waals surface area contributed by atoms with E-state index in [2.05, 4.69) is 36.8 Å². The number of amides is 1. The van der Waals surface area contributed by atoms with Crippen molar-refractivity contribution in [1.82, 2.24) is 4.98 Å². The molecule has 0 radical (unpaired) electrons. The zero-order chi connectivity index (χ0) is 11.0. The largest absolute Gasteiger partial charge is 0.310 e. The Morgan fingerprint density at radius 2 is 2.33 bits per heavy atom. The van der Waals surface area contributed by atoms with Gasteiger partial charge >= 0.3 is 0 Å². The van der Waals surface area contributed by atoms with Gasteiger partial charge in [0.15, 0.2) is 0 Å². The first kappa shape index (κ1) is 11.1. The first-order valence-corrected chi connectivity index (χ1v) is 6.35. The molecule has 1 amide bonds. The van der Waals surface area contributed by atoms with Gasteiger partial charge in [-0.15, -0.1) is 0 Å². The number of anilines is 1. The van der Waals surface area contributed by atoms with Gasteiger partial charge in [0.05, 0.1) is 17.6 Å². The van der Waals surface area contributed by atoms with E-state index in [1.807, 2.05) is 13.0 Å². The van der Waals surface area contributed by atoms with Gasteiger partial charge in [0.1, 0.15) is 0 Å². The minimum Gasteiger partial charge on any atom is -0.310 e. The zero-order valence-electron chi connectivity index (χ0n) is 8.20. The van der Waals surface area contributed by atoms with Crippen molar-refractivity contribution >= 4 is 43.5 Å². The van der Waals surface area contributed by atoms with Crippen LogP contribution in [0.5, 0.6) is 0 Å². The van der Waals surface area contributed by atoms with E-state index in [1.165, 1.54) is 0 Å². The lowest BCUT2D eigenvalue weighted by molar-refractivity contribution is -0.117. The Labute approximate surface area is 105 Å². The van der Waals surface area contributed by atoms with Gasteiger partial charge in [-0.1, -0.05) is 15.9 Å². The fourth-order valence-corrected chi connectivity index (χ4v) is 2.46. The molecule has 1 fully saturated rings. The molecule has 0 spiro atoms. The molecule has 3 nitrogen and oxygen atoms in total. The highest BCUT2D eigenvalue weighted by atomic mass is 79.9. The molecule has 1 aliphatic heterocycles. The van der Waals surface area contributed by atoms with Crippen LogP contribution in [0.4, 0.5) is 5.69 Å². The standard InChI is InChI=1S/C10H10Br2N2O/c1-6-9(12)3-8(4-13-6)14-5-7(11)2-10(14)15/h3-4,7H,2,5H2,1H3. The smallest absolute Gasteiger partial charge is 0.228 e. The second kappa shape index (κ2) is 4.22. The van der Waals surface area contributed by atoms with Crippen LogP contribution in [0.15, 0.2) is 16.7 Å². The second-order valence-corrected chi connectivity index (χ2v) is 5.72. The minimum atomic E-state index is 0.148. The van der Waals surface area contributed by atoms with Gasteiger partial charge in [0, 0.05) is 22.3 Å². The van der Waals surface area contributed by atoms with Gasteiger partial charge in [-0.05, 0) is 28.9 Å². The van der Waals surface area contributed by atoms with E-state index in [0.717, 1.165) is 22.4 Å². The van der Waals surface area contributed by atoms with E-state index in [-0.39, 0.29) is 10.7 Å². The first-order chi connectivity index (χ1) is 7.08. The fourth-order valence-electron chi connectivity index (χ4n) is 1.56. The topological polar surface area (TPSA) is 33.2 Å². The van der Waals surface area contributed by atoms with Gasteiger partial charge in [0.2, 0.25) is 5.91 Å². The van der Waals surface area contributed by atoms with Crippen LogP contribution in [0.3, 0.4) is 0 Å². The Morgan fingerprint density at radius 1 is 1.60 bits per heavy atom. The monoisotopic (exact) mass is 332 g/mol. The molecule has 0 aromatic carbocycles. The van der Waals surface area contributed by atoms with Crippen LogP contribution >= 0.6 is 31.9 Å². The predicted molar refractivity (Wildman–Crippen MR) is 66.4 cm³/mol. The van der Waals surface area contributed by atoms with Gasteiger partial charge < -0.3 is 4.90 Å². The van der Waals surface area contributed by atoms with E-state index >= 15 is 0 Å². The third-order valence-electron chi connectivity index (χ3n) is 2.40. The molecule has 5 heteroatoms. The number of aryl methyl sites for hydroxylation is 1. The highest BCUT2D eigenvalue weighted by Crippen LogP contribution is 2.27. The van der Waals surface area contributed by atoms with Gasteiger partial charge in [-0.25, -0.2) is 0 Å².